The van der Waals surface area contributed by atoms with Crippen molar-refractivity contribution in [3.63, 3.8) is 0 Å². The number of sulfonamides is 1. The molecule has 0 bridgehead atoms. The minimum Gasteiger partial charge on any atom is -0.358 e. The topological polar surface area (TPSA) is 91.1 Å². The first-order chi connectivity index (χ1) is 11.3. The number of carbonyl (C=O) groups excluding carboxylic acids is 1. The van der Waals surface area contributed by atoms with Crippen LogP contribution in [0, 0.1) is 0 Å². The summed E-state index contributed by atoms with van der Waals surface area (Å²) in [4.78, 5) is 15.5. The number of aromatic amines is 1. The summed E-state index contributed by atoms with van der Waals surface area (Å²) in [6, 6.07) is 5.36. The Labute approximate surface area is 142 Å². The zero-order chi connectivity index (χ0) is 17.3. The quantitative estimate of drug-likeness (QED) is 0.766. The van der Waals surface area contributed by atoms with Crippen LogP contribution in [-0.2, 0) is 34.2 Å². The van der Waals surface area contributed by atoms with E-state index in [9.17, 15) is 13.2 Å². The first-order valence-electron chi connectivity index (χ1n) is 8.21. The van der Waals surface area contributed by atoms with Crippen LogP contribution in [0.4, 0.5) is 0 Å². The number of amides is 1. The van der Waals surface area contributed by atoms with Gasteiger partial charge in [-0.15, -0.1) is 0 Å². The highest BCUT2D eigenvalue weighted by molar-refractivity contribution is 7.88. The maximum Gasteiger partial charge on any atom is 0.238 e. The summed E-state index contributed by atoms with van der Waals surface area (Å²) < 4.78 is 24.6. The van der Waals surface area contributed by atoms with E-state index in [1.807, 2.05) is 12.1 Å². The number of hydrogen-bond acceptors (Lipinski definition) is 3. The van der Waals surface area contributed by atoms with E-state index in [1.54, 1.807) is 0 Å². The molecule has 0 saturated heterocycles. The first kappa shape index (κ1) is 17.0. The van der Waals surface area contributed by atoms with Gasteiger partial charge in [-0.25, -0.2) is 13.1 Å². The fourth-order valence-electron chi connectivity index (χ4n) is 3.28. The van der Waals surface area contributed by atoms with Gasteiger partial charge in [-0.2, -0.15) is 0 Å². The number of H-pyrrole nitrogens is 1. The lowest BCUT2D eigenvalue weighted by Crippen LogP contribution is -2.44. The van der Waals surface area contributed by atoms with E-state index in [4.69, 9.17) is 0 Å². The van der Waals surface area contributed by atoms with E-state index in [0.717, 1.165) is 30.2 Å². The molecule has 7 heteroatoms. The molecule has 1 amide bonds. The summed E-state index contributed by atoms with van der Waals surface area (Å²) in [6.07, 6.45) is 5.69. The van der Waals surface area contributed by atoms with Crippen LogP contribution in [0.15, 0.2) is 18.2 Å². The number of hydrogen-bond donors (Lipinski definition) is 3. The average molecular weight is 349 g/mol. The van der Waals surface area contributed by atoms with E-state index in [2.05, 4.69) is 21.1 Å². The molecule has 0 saturated carbocycles. The number of carbonyl (C=O) groups is 1. The van der Waals surface area contributed by atoms with Gasteiger partial charge in [0.1, 0.15) is 0 Å². The normalized spacial score (nSPS) is 15.9. The highest BCUT2D eigenvalue weighted by atomic mass is 32.2. The van der Waals surface area contributed by atoms with Crippen LogP contribution < -0.4 is 10.0 Å². The molecule has 1 aliphatic rings. The molecule has 0 fully saturated rings. The van der Waals surface area contributed by atoms with Crippen molar-refractivity contribution in [2.45, 2.75) is 45.2 Å². The Bertz CT molecular complexity index is 871. The lowest BCUT2D eigenvalue weighted by Gasteiger charge is -2.13. The second-order valence-corrected chi connectivity index (χ2v) is 8.28. The molecular formula is C17H23N3O3S. The Balaban J connectivity index is 1.70. The molecule has 2 aromatic rings. The summed E-state index contributed by atoms with van der Waals surface area (Å²) in [7, 11) is -3.40. The van der Waals surface area contributed by atoms with E-state index in [1.165, 1.54) is 36.4 Å². The molecule has 24 heavy (non-hydrogen) atoms. The molecule has 0 spiro atoms. The highest BCUT2D eigenvalue weighted by Gasteiger charge is 2.18. The number of rotatable bonds is 5. The number of aromatic nitrogens is 1. The second-order valence-electron chi connectivity index (χ2n) is 6.50. The van der Waals surface area contributed by atoms with Crippen molar-refractivity contribution < 1.29 is 13.2 Å². The van der Waals surface area contributed by atoms with Gasteiger partial charge in [-0.1, -0.05) is 6.07 Å². The smallest absolute Gasteiger partial charge is 0.238 e. The molecule has 3 N–H and O–H groups in total. The number of fused-ring (bicyclic) bond motifs is 3. The molecule has 1 aromatic heterocycles. The van der Waals surface area contributed by atoms with Gasteiger partial charge >= 0.3 is 0 Å². The van der Waals surface area contributed by atoms with Gasteiger partial charge in [-0.05, 0) is 55.9 Å². The summed E-state index contributed by atoms with van der Waals surface area (Å²) in [5.74, 6) is -0.336. The third kappa shape index (κ3) is 3.79. The van der Waals surface area contributed by atoms with Crippen molar-refractivity contribution in [3.8, 4) is 0 Å². The fourth-order valence-corrected chi connectivity index (χ4v) is 4.03. The molecule has 1 atom stereocenters. The molecule has 130 valence electrons. The van der Waals surface area contributed by atoms with E-state index in [0.29, 0.717) is 6.54 Å². The van der Waals surface area contributed by atoms with Crippen molar-refractivity contribution in [1.82, 2.24) is 15.0 Å². The van der Waals surface area contributed by atoms with E-state index >= 15 is 0 Å². The summed E-state index contributed by atoms with van der Waals surface area (Å²) in [5, 5.41) is 4.02. The molecule has 1 aromatic carbocycles. The van der Waals surface area contributed by atoms with Crippen LogP contribution in [0.25, 0.3) is 10.9 Å². The molecular weight excluding hydrogens is 326 g/mol. The maximum atomic E-state index is 12.0. The second kappa shape index (κ2) is 6.57. The van der Waals surface area contributed by atoms with E-state index < -0.39 is 16.1 Å². The van der Waals surface area contributed by atoms with Gasteiger partial charge in [-0.3, -0.25) is 4.79 Å². The van der Waals surface area contributed by atoms with Crippen LogP contribution in [0.3, 0.4) is 0 Å². The largest absolute Gasteiger partial charge is 0.358 e. The molecule has 1 heterocycles. The van der Waals surface area contributed by atoms with Gasteiger partial charge in [0.2, 0.25) is 15.9 Å². The third-order valence-corrected chi connectivity index (χ3v) is 5.20. The lowest BCUT2D eigenvalue weighted by molar-refractivity contribution is -0.122. The van der Waals surface area contributed by atoms with Crippen molar-refractivity contribution in [2.75, 3.05) is 6.26 Å². The van der Waals surface area contributed by atoms with Gasteiger partial charge in [0.15, 0.2) is 0 Å². The SMILES string of the molecule is C[C@@H](NS(C)(=O)=O)C(=O)NCc1ccc2[nH]c3c(c2c1)CCCC3. The van der Waals surface area contributed by atoms with E-state index in [-0.39, 0.29) is 5.91 Å². The summed E-state index contributed by atoms with van der Waals surface area (Å²) in [5.41, 5.74) is 4.89. The molecule has 6 nitrogen and oxygen atoms in total. The van der Waals surface area contributed by atoms with Crippen molar-refractivity contribution in [2.24, 2.45) is 0 Å². The lowest BCUT2D eigenvalue weighted by atomic mass is 9.95. The maximum absolute atomic E-state index is 12.0. The van der Waals surface area contributed by atoms with Crippen LogP contribution in [-0.4, -0.2) is 31.6 Å². The van der Waals surface area contributed by atoms with Gasteiger partial charge in [0.25, 0.3) is 0 Å². The van der Waals surface area contributed by atoms with Crippen LogP contribution in [0.5, 0.6) is 0 Å². The minimum atomic E-state index is -3.40. The number of benzene rings is 1. The van der Waals surface area contributed by atoms with Crippen molar-refractivity contribution in [1.29, 1.82) is 0 Å². The van der Waals surface area contributed by atoms with Crippen molar-refractivity contribution in [3.05, 3.63) is 35.0 Å². The standard InChI is InChI=1S/C17H23N3O3S/c1-11(20-24(2,22)23)17(21)18-10-12-7-8-16-14(9-12)13-5-3-4-6-15(13)19-16/h7-9,11,19-20H,3-6,10H2,1-2H3,(H,18,21)/t11-/m1/s1. The fraction of sp³-hybridized carbons (Fsp3) is 0.471. The van der Waals surface area contributed by atoms with Crippen LogP contribution in [0.2, 0.25) is 0 Å². The van der Waals surface area contributed by atoms with Gasteiger partial charge in [0, 0.05) is 23.1 Å². The van der Waals surface area contributed by atoms with Crippen molar-refractivity contribution >= 4 is 26.8 Å². The predicted molar refractivity (Wildman–Crippen MR) is 94.2 cm³/mol. The Morgan fingerprint density at radius 2 is 2.04 bits per heavy atom. The number of nitrogens with one attached hydrogen (secondary N) is 3. The van der Waals surface area contributed by atoms with Crippen LogP contribution >= 0.6 is 0 Å². The molecule has 0 aliphatic heterocycles. The average Bonchev–Trinajstić information content (AvgIpc) is 2.89. The first-order valence-corrected chi connectivity index (χ1v) is 10.1. The van der Waals surface area contributed by atoms with Gasteiger partial charge in [0.05, 0.1) is 12.3 Å². The monoisotopic (exact) mass is 349 g/mol. The zero-order valence-electron chi connectivity index (χ0n) is 14.0. The number of aryl methyl sites for hydroxylation is 2. The Morgan fingerprint density at radius 3 is 2.79 bits per heavy atom. The molecule has 0 radical (unpaired) electrons. The van der Waals surface area contributed by atoms with Gasteiger partial charge < -0.3 is 10.3 Å². The minimum absolute atomic E-state index is 0.336. The van der Waals surface area contributed by atoms with Crippen LogP contribution in [0.1, 0.15) is 36.6 Å². The summed E-state index contributed by atoms with van der Waals surface area (Å²) in [6.45, 7) is 1.91. The highest BCUT2D eigenvalue weighted by Crippen LogP contribution is 2.29. The Morgan fingerprint density at radius 1 is 1.29 bits per heavy atom. The molecule has 3 rings (SSSR count). The zero-order valence-corrected chi connectivity index (χ0v) is 14.8. The molecule has 0 unspecified atom stereocenters. The Hall–Kier alpha value is -1.86. The predicted octanol–water partition coefficient (Wildman–Crippen LogP) is 1.60. The third-order valence-electron chi connectivity index (χ3n) is 4.41. The Kier molecular flexibility index (Phi) is 4.64. The summed E-state index contributed by atoms with van der Waals surface area (Å²) >= 11 is 0. The molecule has 1 aliphatic carbocycles.